The molecule has 2 atom stereocenters. The lowest BCUT2D eigenvalue weighted by Crippen LogP contribution is -2.29. The maximum atomic E-state index is 12.8. The fourth-order valence-electron chi connectivity index (χ4n) is 10.9. The van der Waals surface area contributed by atoms with Crippen LogP contribution < -0.4 is 5.73 Å². The largest absolute Gasteiger partial charge is 0.472 e. The van der Waals surface area contributed by atoms with Gasteiger partial charge in [-0.15, -0.1) is 0 Å². The monoisotopic (exact) mass is 1440 g/mol. The van der Waals surface area contributed by atoms with E-state index in [1.54, 1.807) is 0 Å². The zero-order chi connectivity index (χ0) is 74.3. The Morgan fingerprint density at radius 3 is 0.748 bits per heavy atom. The third-order valence-corrected chi connectivity index (χ3v) is 17.8. The number of carbonyl (C=O) groups is 2. The third-order valence-electron chi connectivity index (χ3n) is 16.9. The second-order valence-corrected chi connectivity index (χ2v) is 28.0. The molecule has 0 aliphatic carbocycles. The lowest BCUT2D eigenvalue weighted by molar-refractivity contribution is -0.161. The summed E-state index contributed by atoms with van der Waals surface area (Å²) in [6.45, 7) is 3.49. The Labute approximate surface area is 632 Å². The van der Waals surface area contributed by atoms with Gasteiger partial charge < -0.3 is 20.1 Å². The number of hydrogen-bond acceptors (Lipinski definition) is 8. The second-order valence-electron chi connectivity index (χ2n) is 26.5. The van der Waals surface area contributed by atoms with Crippen LogP contribution in [0.3, 0.4) is 0 Å². The number of ether oxygens (including phenoxy) is 2. The summed E-state index contributed by atoms with van der Waals surface area (Å²) in [5.74, 6) is -0.861. The van der Waals surface area contributed by atoms with Crippen LogP contribution in [-0.4, -0.2) is 49.3 Å². The Hall–Kier alpha value is -5.67. The fourth-order valence-corrected chi connectivity index (χ4v) is 11.6. The predicted octanol–water partition coefficient (Wildman–Crippen LogP) is 28.3. The fraction of sp³-hybridized carbons (Fsp3) is 0.591. The van der Waals surface area contributed by atoms with E-state index in [2.05, 4.69) is 233 Å². The Balaban J connectivity index is 3.92. The van der Waals surface area contributed by atoms with Crippen molar-refractivity contribution in [2.24, 2.45) is 5.73 Å². The van der Waals surface area contributed by atoms with Gasteiger partial charge in [0.15, 0.2) is 6.10 Å². The molecule has 0 spiro atoms. The molecular weight excluding hydrogens is 1290 g/mol. The maximum Gasteiger partial charge on any atom is 0.472 e. The molecule has 0 heterocycles. The molecule has 0 fully saturated rings. The van der Waals surface area contributed by atoms with E-state index in [1.807, 2.05) is 0 Å². The molecule has 103 heavy (non-hydrogen) atoms. The average Bonchev–Trinajstić information content (AvgIpc) is 0.970. The highest BCUT2D eigenvalue weighted by atomic mass is 31.2. The molecule has 0 bridgehead atoms. The van der Waals surface area contributed by atoms with Crippen molar-refractivity contribution in [3.8, 4) is 0 Å². The first-order valence-corrected chi connectivity index (χ1v) is 42.7. The van der Waals surface area contributed by atoms with Crippen LogP contribution in [-0.2, 0) is 32.7 Å². The van der Waals surface area contributed by atoms with E-state index in [4.69, 9.17) is 24.3 Å². The lowest BCUT2D eigenvalue weighted by atomic mass is 10.0. The number of phosphoric ester groups is 1. The van der Waals surface area contributed by atoms with Crippen molar-refractivity contribution in [1.82, 2.24) is 0 Å². The summed E-state index contributed by atoms with van der Waals surface area (Å²) in [7, 11) is -4.42. The number of carbonyl (C=O) groups excluding carboxylic acids is 2. The standard InChI is InChI=1S/C93H150NO8P/c1-3-5-7-9-11-13-15-17-19-21-23-25-27-29-31-33-35-37-39-41-43-45-47-49-51-53-55-57-59-61-63-65-67-69-71-73-75-77-79-81-83-85-92(95)99-89-91(90-101-103(97,98)100-88-87-94)102-93(96)86-84-82-80-78-76-74-72-70-68-66-64-62-60-58-56-54-52-50-48-46-44-42-40-38-36-34-32-30-28-26-24-22-20-18-16-14-12-10-8-6-4-2/h5-8,11-14,17-20,23-26,29-32,35-38,42,44,48,50,54,56,60,62,66,68,72,74,91H,3-4,9-10,15-16,21-22,27-28,33-34,39-41,43,45-47,49,51-53,55,57-59,61,63-65,67,69-71,73,75-90,94H2,1-2H3,(H,97,98)/b7-5-,8-6-,13-11-,14-12-,19-17-,20-18-,25-23-,26-24-,31-29-,32-30-,37-35-,38-36-,44-42-,50-48-,56-54-,62-60-,68-66-,74-72-. The average molecular weight is 1440 g/mol. The van der Waals surface area contributed by atoms with E-state index >= 15 is 0 Å². The molecule has 3 N–H and O–H groups in total. The first-order valence-electron chi connectivity index (χ1n) is 41.2. The Bertz CT molecular complexity index is 2510. The predicted molar refractivity (Wildman–Crippen MR) is 449 cm³/mol. The molecule has 0 aliphatic rings. The molecule has 0 radical (unpaired) electrons. The molecule has 0 aliphatic heterocycles. The van der Waals surface area contributed by atoms with Crippen molar-refractivity contribution in [2.75, 3.05) is 26.4 Å². The normalized spacial score (nSPS) is 14.0. The van der Waals surface area contributed by atoms with Gasteiger partial charge in [-0.05, 0) is 154 Å². The van der Waals surface area contributed by atoms with Crippen LogP contribution in [0.25, 0.3) is 0 Å². The quantitative estimate of drug-likeness (QED) is 0.0264. The van der Waals surface area contributed by atoms with Crippen LogP contribution in [0, 0.1) is 0 Å². The van der Waals surface area contributed by atoms with Gasteiger partial charge in [0.2, 0.25) is 0 Å². The summed E-state index contributed by atoms with van der Waals surface area (Å²) in [6.07, 6.45) is 132. The first kappa shape index (κ1) is 97.3. The highest BCUT2D eigenvalue weighted by Gasteiger charge is 2.26. The Morgan fingerprint density at radius 2 is 0.505 bits per heavy atom. The minimum absolute atomic E-state index is 0.0401. The van der Waals surface area contributed by atoms with E-state index in [1.165, 1.54) is 128 Å². The molecule has 0 saturated carbocycles. The Kier molecular flexibility index (Phi) is 80.6. The number of rotatable bonds is 75. The molecule has 580 valence electrons. The van der Waals surface area contributed by atoms with Gasteiger partial charge in [-0.2, -0.15) is 0 Å². The minimum atomic E-state index is -4.42. The van der Waals surface area contributed by atoms with E-state index in [0.717, 1.165) is 161 Å². The summed E-state index contributed by atoms with van der Waals surface area (Å²) in [4.78, 5) is 35.5. The first-order chi connectivity index (χ1) is 50.8. The molecule has 9 nitrogen and oxygen atoms in total. The summed E-state index contributed by atoms with van der Waals surface area (Å²) < 4.78 is 33.2. The van der Waals surface area contributed by atoms with Gasteiger partial charge in [-0.1, -0.05) is 374 Å². The van der Waals surface area contributed by atoms with Gasteiger partial charge in [-0.25, -0.2) is 4.57 Å². The molecule has 2 unspecified atom stereocenters. The van der Waals surface area contributed by atoms with Gasteiger partial charge in [0.1, 0.15) is 6.61 Å². The van der Waals surface area contributed by atoms with E-state index in [-0.39, 0.29) is 32.6 Å². The molecule has 0 aromatic heterocycles. The van der Waals surface area contributed by atoms with Crippen molar-refractivity contribution >= 4 is 19.8 Å². The zero-order valence-corrected chi connectivity index (χ0v) is 66.4. The van der Waals surface area contributed by atoms with E-state index < -0.39 is 32.5 Å². The molecular formula is C93H150NO8P. The van der Waals surface area contributed by atoms with Crippen molar-refractivity contribution in [2.45, 2.75) is 328 Å². The second kappa shape index (κ2) is 85.3. The highest BCUT2D eigenvalue weighted by Crippen LogP contribution is 2.43. The summed E-state index contributed by atoms with van der Waals surface area (Å²) in [5.41, 5.74) is 5.41. The van der Waals surface area contributed by atoms with Gasteiger partial charge >= 0.3 is 19.8 Å². The topological polar surface area (TPSA) is 134 Å². The third kappa shape index (κ3) is 85.2. The van der Waals surface area contributed by atoms with Crippen LogP contribution in [0.1, 0.15) is 322 Å². The van der Waals surface area contributed by atoms with Crippen LogP contribution in [0.4, 0.5) is 0 Å². The molecule has 0 saturated heterocycles. The van der Waals surface area contributed by atoms with Crippen LogP contribution in [0.5, 0.6) is 0 Å². The van der Waals surface area contributed by atoms with Gasteiger partial charge in [0.25, 0.3) is 0 Å². The van der Waals surface area contributed by atoms with Crippen molar-refractivity contribution in [1.29, 1.82) is 0 Å². The van der Waals surface area contributed by atoms with Gasteiger partial charge in [0, 0.05) is 19.4 Å². The van der Waals surface area contributed by atoms with Crippen LogP contribution >= 0.6 is 7.82 Å². The number of nitrogens with two attached hydrogens (primary N) is 1. The summed E-state index contributed by atoms with van der Waals surface area (Å²) >= 11 is 0. The molecule has 0 aromatic carbocycles. The van der Waals surface area contributed by atoms with Crippen LogP contribution in [0.2, 0.25) is 0 Å². The minimum Gasteiger partial charge on any atom is -0.462 e. The van der Waals surface area contributed by atoms with Gasteiger partial charge in [-0.3, -0.25) is 18.6 Å². The number of hydrogen-bond donors (Lipinski definition) is 2. The summed E-state index contributed by atoms with van der Waals surface area (Å²) in [5, 5.41) is 0. The number of esters is 2. The van der Waals surface area contributed by atoms with E-state index in [9.17, 15) is 19.0 Å². The molecule has 0 amide bonds. The van der Waals surface area contributed by atoms with E-state index in [0.29, 0.717) is 6.42 Å². The molecule has 0 aromatic rings. The molecule has 0 rings (SSSR count). The Morgan fingerprint density at radius 1 is 0.291 bits per heavy atom. The van der Waals surface area contributed by atoms with Gasteiger partial charge in [0.05, 0.1) is 13.2 Å². The SMILES string of the molecule is CC/C=C\C/C=C\C/C=C\C/C=C\C/C=C\C/C=C\C/C=C\C/C=C\C/C=C\C/C=C\C/C=C\C/C=C\CCCCCCC(=O)OC(COC(=O)CCCCCCCCCCCCCCCCCCCCCCCC/C=C\C/C=C\C/C=C\C/C=C\C/C=C\C/C=C\CC)COP(=O)(O)OCCN. The molecule has 10 heteroatoms. The highest BCUT2D eigenvalue weighted by molar-refractivity contribution is 7.47. The number of unbranched alkanes of at least 4 members (excludes halogenated alkanes) is 26. The smallest absolute Gasteiger partial charge is 0.462 e. The van der Waals surface area contributed by atoms with Crippen LogP contribution in [0.15, 0.2) is 219 Å². The van der Waals surface area contributed by atoms with Crippen molar-refractivity contribution in [3.63, 3.8) is 0 Å². The van der Waals surface area contributed by atoms with Crippen molar-refractivity contribution in [3.05, 3.63) is 219 Å². The summed E-state index contributed by atoms with van der Waals surface area (Å²) in [6, 6.07) is 0. The number of phosphoric acid groups is 1. The zero-order valence-electron chi connectivity index (χ0n) is 65.5. The van der Waals surface area contributed by atoms with Crippen molar-refractivity contribution < 1.29 is 37.6 Å². The maximum absolute atomic E-state index is 12.8. The lowest BCUT2D eigenvalue weighted by Gasteiger charge is -2.19. The number of allylic oxidation sites excluding steroid dienone is 36.